The summed E-state index contributed by atoms with van der Waals surface area (Å²) in [6, 6.07) is 3.91. The number of hydrogen-bond donors (Lipinski definition) is 2. The minimum Gasteiger partial charge on any atom is -0.396 e. The van der Waals surface area contributed by atoms with Gasteiger partial charge in [-0.15, -0.1) is 11.3 Å². The fourth-order valence-corrected chi connectivity index (χ4v) is 4.12. The zero-order valence-electron chi connectivity index (χ0n) is 10.8. The van der Waals surface area contributed by atoms with Crippen molar-refractivity contribution in [3.05, 3.63) is 23.2 Å². The summed E-state index contributed by atoms with van der Waals surface area (Å²) in [5.41, 5.74) is 7.24. The van der Waals surface area contributed by atoms with Crippen molar-refractivity contribution in [1.29, 1.82) is 0 Å². The van der Waals surface area contributed by atoms with Gasteiger partial charge in [0.2, 0.25) is 0 Å². The van der Waals surface area contributed by atoms with Crippen LogP contribution in [0.3, 0.4) is 0 Å². The molecule has 4 heterocycles. The first-order chi connectivity index (χ1) is 9.72. The number of hydrogen-bond acceptors (Lipinski definition) is 5. The zero-order chi connectivity index (χ0) is 13.7. The number of nitrogens with zero attached hydrogens (tertiary/aromatic N) is 1. The third-order valence-corrected chi connectivity index (χ3v) is 5.27. The van der Waals surface area contributed by atoms with Crippen LogP contribution in [0.5, 0.6) is 0 Å². The van der Waals surface area contributed by atoms with Gasteiger partial charge in [0.1, 0.15) is 10.4 Å². The predicted octanol–water partition coefficient (Wildman–Crippen LogP) is 1.93. The number of thiophene rings is 1. The second-order valence-electron chi connectivity index (χ2n) is 5.38. The quantitative estimate of drug-likeness (QED) is 0.885. The molecule has 2 saturated heterocycles. The molecule has 104 valence electrons. The van der Waals surface area contributed by atoms with Crippen molar-refractivity contribution in [2.75, 3.05) is 5.73 Å². The molecule has 6 heteroatoms. The first kappa shape index (κ1) is 12.1. The molecule has 0 aliphatic carbocycles. The monoisotopic (exact) mass is 289 g/mol. The number of carbonyl (C=O) groups excluding carboxylic acids is 1. The number of rotatable bonds is 2. The van der Waals surface area contributed by atoms with E-state index in [1.807, 2.05) is 12.1 Å². The molecule has 2 bridgehead atoms. The number of carbonyl (C=O) groups is 1. The zero-order valence-corrected chi connectivity index (χ0v) is 11.7. The molecule has 0 aromatic carbocycles. The molecule has 2 aromatic rings. The van der Waals surface area contributed by atoms with Gasteiger partial charge in [-0.2, -0.15) is 0 Å². The van der Waals surface area contributed by atoms with Crippen LogP contribution in [-0.4, -0.2) is 29.1 Å². The van der Waals surface area contributed by atoms with Crippen LogP contribution in [0.4, 0.5) is 5.69 Å². The highest BCUT2D eigenvalue weighted by atomic mass is 32.1. The Labute approximate surface area is 120 Å². The molecular weight excluding hydrogens is 274 g/mol. The van der Waals surface area contributed by atoms with Crippen molar-refractivity contribution >= 4 is 33.1 Å². The highest BCUT2D eigenvalue weighted by Gasteiger charge is 2.41. The Balaban J connectivity index is 1.59. The third-order valence-electron chi connectivity index (χ3n) is 4.11. The van der Waals surface area contributed by atoms with Crippen molar-refractivity contribution in [3.63, 3.8) is 0 Å². The Morgan fingerprint density at radius 3 is 3.10 bits per heavy atom. The number of amides is 1. The van der Waals surface area contributed by atoms with Gasteiger partial charge in [0, 0.05) is 6.20 Å². The van der Waals surface area contributed by atoms with Crippen molar-refractivity contribution < 1.29 is 9.53 Å². The summed E-state index contributed by atoms with van der Waals surface area (Å²) in [7, 11) is 0. The maximum absolute atomic E-state index is 12.4. The van der Waals surface area contributed by atoms with Crippen molar-refractivity contribution in [2.45, 2.75) is 37.5 Å². The number of nitrogens with two attached hydrogens (primary N) is 1. The van der Waals surface area contributed by atoms with Gasteiger partial charge in [0.25, 0.3) is 5.91 Å². The lowest BCUT2D eigenvalue weighted by Gasteiger charge is -2.19. The molecule has 2 aliphatic heterocycles. The predicted molar refractivity (Wildman–Crippen MR) is 77.8 cm³/mol. The third kappa shape index (κ3) is 1.79. The van der Waals surface area contributed by atoms with Gasteiger partial charge in [0.05, 0.1) is 28.6 Å². The van der Waals surface area contributed by atoms with Crippen LogP contribution in [-0.2, 0) is 4.74 Å². The van der Waals surface area contributed by atoms with Crippen LogP contribution in [0.1, 0.15) is 28.9 Å². The molecule has 3 N–H and O–H groups in total. The lowest BCUT2D eigenvalue weighted by atomic mass is 9.95. The van der Waals surface area contributed by atoms with E-state index in [1.54, 1.807) is 6.20 Å². The molecule has 0 saturated carbocycles. The van der Waals surface area contributed by atoms with Gasteiger partial charge in [-0.3, -0.25) is 9.78 Å². The van der Waals surface area contributed by atoms with E-state index < -0.39 is 0 Å². The molecule has 2 aliphatic rings. The van der Waals surface area contributed by atoms with E-state index in [4.69, 9.17) is 10.5 Å². The number of nitrogen functional groups attached to an aromatic ring is 1. The fraction of sp³-hybridized carbons (Fsp3) is 0.429. The maximum atomic E-state index is 12.4. The second-order valence-corrected chi connectivity index (χ2v) is 6.44. The number of fused-ring (bicyclic) bond motifs is 3. The van der Waals surface area contributed by atoms with Crippen molar-refractivity contribution in [1.82, 2.24) is 10.3 Å². The standard InChI is InChI=1S/C14H15N3O2S/c15-11-12-10(2-1-5-16-12)20-13(11)14(18)17-8-6-7-3-4-9(8)19-7/h1-2,5,7-9H,3-4,6,15H2,(H,17,18). The second kappa shape index (κ2) is 4.43. The average Bonchev–Trinajstić information content (AvgIpc) is 3.14. The van der Waals surface area contributed by atoms with E-state index in [1.165, 1.54) is 11.3 Å². The molecule has 0 radical (unpaired) electrons. The molecule has 0 spiro atoms. The van der Waals surface area contributed by atoms with Gasteiger partial charge in [0.15, 0.2) is 0 Å². The SMILES string of the molecule is Nc1c(C(=O)NC2CC3CCC2O3)sc2cccnc12. The van der Waals surface area contributed by atoms with Crippen LogP contribution in [0, 0.1) is 0 Å². The Hall–Kier alpha value is -1.66. The van der Waals surface area contributed by atoms with E-state index >= 15 is 0 Å². The average molecular weight is 289 g/mol. The van der Waals surface area contributed by atoms with Gasteiger partial charge in [-0.25, -0.2) is 0 Å². The molecule has 2 aromatic heterocycles. The summed E-state index contributed by atoms with van der Waals surface area (Å²) >= 11 is 1.40. The molecule has 1 amide bonds. The molecule has 3 unspecified atom stereocenters. The summed E-state index contributed by atoms with van der Waals surface area (Å²) in [5.74, 6) is -0.105. The van der Waals surface area contributed by atoms with Gasteiger partial charge < -0.3 is 15.8 Å². The van der Waals surface area contributed by atoms with E-state index in [2.05, 4.69) is 10.3 Å². The summed E-state index contributed by atoms with van der Waals surface area (Å²) in [6.07, 6.45) is 5.27. The van der Waals surface area contributed by atoms with E-state index in [0.717, 1.165) is 24.0 Å². The van der Waals surface area contributed by atoms with E-state index in [-0.39, 0.29) is 18.1 Å². The number of ether oxygens (including phenoxy) is 1. The van der Waals surface area contributed by atoms with Crippen molar-refractivity contribution in [3.8, 4) is 0 Å². The van der Waals surface area contributed by atoms with Crippen LogP contribution in [0.25, 0.3) is 10.2 Å². The molecule has 2 fully saturated rings. The molecular formula is C14H15N3O2S. The summed E-state index contributed by atoms with van der Waals surface area (Å²) in [5, 5.41) is 3.07. The Kier molecular flexibility index (Phi) is 2.68. The first-order valence-corrected chi connectivity index (χ1v) is 7.63. The fourth-order valence-electron chi connectivity index (χ4n) is 3.14. The van der Waals surface area contributed by atoms with Crippen LogP contribution < -0.4 is 11.1 Å². The van der Waals surface area contributed by atoms with E-state index in [9.17, 15) is 4.79 Å². The summed E-state index contributed by atoms with van der Waals surface area (Å²) < 4.78 is 6.70. The van der Waals surface area contributed by atoms with E-state index in [0.29, 0.717) is 22.2 Å². The Morgan fingerprint density at radius 1 is 1.50 bits per heavy atom. The Bertz CT molecular complexity index is 684. The van der Waals surface area contributed by atoms with Crippen molar-refractivity contribution in [2.24, 2.45) is 0 Å². The lowest BCUT2D eigenvalue weighted by Crippen LogP contribution is -2.41. The van der Waals surface area contributed by atoms with Crippen LogP contribution in [0.15, 0.2) is 18.3 Å². The molecule has 20 heavy (non-hydrogen) atoms. The minimum absolute atomic E-state index is 0.105. The highest BCUT2D eigenvalue weighted by molar-refractivity contribution is 7.21. The number of aromatic nitrogens is 1. The van der Waals surface area contributed by atoms with Gasteiger partial charge >= 0.3 is 0 Å². The topological polar surface area (TPSA) is 77.2 Å². The number of anilines is 1. The maximum Gasteiger partial charge on any atom is 0.263 e. The molecule has 3 atom stereocenters. The highest BCUT2D eigenvalue weighted by Crippen LogP contribution is 2.36. The molecule has 4 rings (SSSR count). The minimum atomic E-state index is -0.105. The largest absolute Gasteiger partial charge is 0.396 e. The normalized spacial score (nSPS) is 28.1. The first-order valence-electron chi connectivity index (χ1n) is 6.81. The number of pyridine rings is 1. The lowest BCUT2D eigenvalue weighted by molar-refractivity contribution is 0.0844. The smallest absolute Gasteiger partial charge is 0.263 e. The summed E-state index contributed by atoms with van der Waals surface area (Å²) in [4.78, 5) is 17.2. The van der Waals surface area contributed by atoms with Gasteiger partial charge in [-0.1, -0.05) is 0 Å². The summed E-state index contributed by atoms with van der Waals surface area (Å²) in [6.45, 7) is 0. The molecule has 5 nitrogen and oxygen atoms in total. The van der Waals surface area contributed by atoms with Gasteiger partial charge in [-0.05, 0) is 31.4 Å². The van der Waals surface area contributed by atoms with Crippen LogP contribution >= 0.6 is 11.3 Å². The Morgan fingerprint density at radius 2 is 2.40 bits per heavy atom. The number of nitrogens with one attached hydrogen (secondary N) is 1. The van der Waals surface area contributed by atoms with Crippen LogP contribution in [0.2, 0.25) is 0 Å².